The van der Waals surface area contributed by atoms with Crippen molar-refractivity contribution in [2.75, 3.05) is 6.61 Å². The highest BCUT2D eigenvalue weighted by molar-refractivity contribution is 6.76. The van der Waals surface area contributed by atoms with Gasteiger partial charge in [-0.2, -0.15) is 0 Å². The van der Waals surface area contributed by atoms with E-state index in [2.05, 4.69) is 19.6 Å². The Morgan fingerprint density at radius 2 is 2.00 bits per heavy atom. The maximum Gasteiger partial charge on any atom is 0.352 e. The molecule has 0 atom stereocenters. The maximum absolute atomic E-state index is 11.4. The molecule has 0 fully saturated rings. The number of benzene rings is 1. The first-order valence-corrected chi connectivity index (χ1v) is 11.5. The summed E-state index contributed by atoms with van der Waals surface area (Å²) in [5.41, 5.74) is 0.854. The highest BCUT2D eigenvalue weighted by atomic mass is 35.5. The van der Waals surface area contributed by atoms with Gasteiger partial charge in [-0.05, 0) is 24.2 Å². The molecular formula is C15H19Cl2NO3Si. The lowest BCUT2D eigenvalue weighted by atomic mass is 10.2. The number of halogens is 2. The van der Waals surface area contributed by atoms with E-state index in [-0.39, 0.29) is 12.4 Å². The molecule has 0 amide bonds. The molecule has 1 heterocycles. The second kappa shape index (κ2) is 6.62. The fourth-order valence-corrected chi connectivity index (χ4v) is 3.26. The first-order chi connectivity index (χ1) is 10.2. The summed E-state index contributed by atoms with van der Waals surface area (Å²) in [6, 6.07) is 5.99. The molecule has 0 saturated carbocycles. The number of fused-ring (bicyclic) bond motifs is 1. The molecule has 4 nitrogen and oxygen atoms in total. The number of carboxylic acid groups (broad SMARTS) is 1. The largest absolute Gasteiger partial charge is 0.477 e. The number of carboxylic acids is 1. The van der Waals surface area contributed by atoms with Crippen LogP contribution >= 0.6 is 23.2 Å². The normalized spacial score (nSPS) is 12.0. The molecule has 0 spiro atoms. The van der Waals surface area contributed by atoms with Gasteiger partial charge in [-0.15, -0.1) is 0 Å². The third-order valence-corrected chi connectivity index (χ3v) is 5.93. The van der Waals surface area contributed by atoms with Crippen molar-refractivity contribution >= 4 is 48.1 Å². The molecule has 2 rings (SSSR count). The zero-order chi connectivity index (χ0) is 16.5. The van der Waals surface area contributed by atoms with Gasteiger partial charge in [-0.25, -0.2) is 4.79 Å². The van der Waals surface area contributed by atoms with Crippen LogP contribution in [-0.4, -0.2) is 30.3 Å². The average molecular weight is 360 g/mol. The number of nitrogens with zero attached hydrogens (tertiary/aromatic N) is 1. The second-order valence-electron chi connectivity index (χ2n) is 6.40. The predicted molar refractivity (Wildman–Crippen MR) is 93.0 cm³/mol. The summed E-state index contributed by atoms with van der Waals surface area (Å²) in [6.07, 6.45) is 0. The summed E-state index contributed by atoms with van der Waals surface area (Å²) in [5, 5.41) is 10.8. The van der Waals surface area contributed by atoms with E-state index in [1.807, 2.05) is 0 Å². The van der Waals surface area contributed by atoms with E-state index in [1.165, 1.54) is 6.07 Å². The van der Waals surface area contributed by atoms with Crippen molar-refractivity contribution < 1.29 is 14.6 Å². The van der Waals surface area contributed by atoms with Crippen LogP contribution in [0.2, 0.25) is 35.7 Å². The van der Waals surface area contributed by atoms with Crippen LogP contribution in [0.3, 0.4) is 0 Å². The number of ether oxygens (including phenoxy) is 1. The molecule has 7 heteroatoms. The van der Waals surface area contributed by atoms with Gasteiger partial charge in [-0.1, -0.05) is 42.8 Å². The fraction of sp³-hybridized carbons (Fsp3) is 0.400. The molecular weight excluding hydrogens is 341 g/mol. The second-order valence-corrected chi connectivity index (χ2v) is 12.8. The van der Waals surface area contributed by atoms with E-state index >= 15 is 0 Å². The number of aromatic nitrogens is 1. The third kappa shape index (κ3) is 3.84. The predicted octanol–water partition coefficient (Wildman–Crippen LogP) is 4.96. The zero-order valence-corrected chi connectivity index (χ0v) is 15.3. The summed E-state index contributed by atoms with van der Waals surface area (Å²) < 4.78 is 7.30. The third-order valence-electron chi connectivity index (χ3n) is 3.41. The Labute approximate surface area is 140 Å². The molecule has 0 radical (unpaired) electrons. The summed E-state index contributed by atoms with van der Waals surface area (Å²) in [5.74, 6) is -1.02. The van der Waals surface area contributed by atoms with Gasteiger partial charge in [0.05, 0.1) is 15.6 Å². The Bertz CT molecular complexity index is 707. The van der Waals surface area contributed by atoms with Crippen molar-refractivity contribution in [3.05, 3.63) is 33.9 Å². The van der Waals surface area contributed by atoms with Crippen LogP contribution in [0.25, 0.3) is 10.9 Å². The standard InChI is InChI=1S/C15H19Cl2NO3Si/c1-22(2,3)7-6-21-9-18-12-5-4-11(16)14(17)10(12)8-13(18)15(19)20/h4-5,8H,6-7,9H2,1-3H3,(H,19,20). The zero-order valence-electron chi connectivity index (χ0n) is 12.8. The lowest BCUT2D eigenvalue weighted by Gasteiger charge is -2.16. The van der Waals surface area contributed by atoms with Gasteiger partial charge < -0.3 is 14.4 Å². The van der Waals surface area contributed by atoms with Crippen LogP contribution in [0.1, 0.15) is 10.5 Å². The topological polar surface area (TPSA) is 51.5 Å². The molecule has 0 aliphatic heterocycles. The van der Waals surface area contributed by atoms with E-state index in [9.17, 15) is 9.90 Å². The van der Waals surface area contributed by atoms with Crippen molar-refractivity contribution in [2.45, 2.75) is 32.4 Å². The molecule has 2 aromatic rings. The first-order valence-electron chi connectivity index (χ1n) is 6.99. The van der Waals surface area contributed by atoms with Crippen molar-refractivity contribution in [3.63, 3.8) is 0 Å². The van der Waals surface area contributed by atoms with E-state index in [1.54, 1.807) is 16.7 Å². The smallest absolute Gasteiger partial charge is 0.352 e. The Kier molecular flexibility index (Phi) is 5.22. The Balaban J connectivity index is 2.29. The quantitative estimate of drug-likeness (QED) is 0.585. The Morgan fingerprint density at radius 3 is 2.59 bits per heavy atom. The van der Waals surface area contributed by atoms with E-state index < -0.39 is 14.0 Å². The minimum atomic E-state index is -1.17. The molecule has 120 valence electrons. The lowest BCUT2D eigenvalue weighted by molar-refractivity contribution is 0.0630. The van der Waals surface area contributed by atoms with Gasteiger partial charge in [-0.3, -0.25) is 0 Å². The van der Waals surface area contributed by atoms with Gasteiger partial charge in [0.25, 0.3) is 0 Å². The molecule has 0 aliphatic rings. The van der Waals surface area contributed by atoms with Crippen molar-refractivity contribution in [3.8, 4) is 0 Å². The van der Waals surface area contributed by atoms with Crippen LogP contribution in [0.5, 0.6) is 0 Å². The fourth-order valence-electron chi connectivity index (χ4n) is 2.12. The summed E-state index contributed by atoms with van der Waals surface area (Å²) in [7, 11) is -1.17. The Hall–Kier alpha value is -1.01. The Morgan fingerprint density at radius 1 is 1.32 bits per heavy atom. The van der Waals surface area contributed by atoms with Gasteiger partial charge in [0, 0.05) is 20.1 Å². The van der Waals surface area contributed by atoms with Crippen LogP contribution < -0.4 is 0 Å². The summed E-state index contributed by atoms with van der Waals surface area (Å²) >= 11 is 12.2. The first kappa shape index (κ1) is 17.3. The summed E-state index contributed by atoms with van der Waals surface area (Å²) in [4.78, 5) is 11.4. The van der Waals surface area contributed by atoms with E-state index in [0.29, 0.717) is 27.6 Å². The van der Waals surface area contributed by atoms with Gasteiger partial charge in [0.1, 0.15) is 12.4 Å². The van der Waals surface area contributed by atoms with Crippen LogP contribution in [-0.2, 0) is 11.5 Å². The molecule has 1 aromatic carbocycles. The maximum atomic E-state index is 11.4. The molecule has 0 bridgehead atoms. The molecule has 1 aromatic heterocycles. The van der Waals surface area contributed by atoms with E-state index in [0.717, 1.165) is 6.04 Å². The monoisotopic (exact) mass is 359 g/mol. The number of rotatable bonds is 6. The minimum absolute atomic E-state index is 0.146. The van der Waals surface area contributed by atoms with E-state index in [4.69, 9.17) is 27.9 Å². The highest BCUT2D eigenvalue weighted by Crippen LogP contribution is 2.33. The van der Waals surface area contributed by atoms with Crippen molar-refractivity contribution in [2.24, 2.45) is 0 Å². The average Bonchev–Trinajstić information content (AvgIpc) is 2.77. The van der Waals surface area contributed by atoms with Crippen LogP contribution in [0.15, 0.2) is 18.2 Å². The molecule has 0 unspecified atom stereocenters. The van der Waals surface area contributed by atoms with Crippen molar-refractivity contribution in [1.29, 1.82) is 0 Å². The molecule has 22 heavy (non-hydrogen) atoms. The number of carbonyl (C=O) groups is 1. The number of hydrogen-bond acceptors (Lipinski definition) is 2. The summed E-state index contributed by atoms with van der Waals surface area (Å²) in [6.45, 7) is 7.62. The lowest BCUT2D eigenvalue weighted by Crippen LogP contribution is -2.22. The molecule has 0 saturated heterocycles. The van der Waals surface area contributed by atoms with Crippen molar-refractivity contribution in [1.82, 2.24) is 4.57 Å². The van der Waals surface area contributed by atoms with Gasteiger partial charge in [0.2, 0.25) is 0 Å². The van der Waals surface area contributed by atoms with Gasteiger partial charge >= 0.3 is 5.97 Å². The molecule has 0 aliphatic carbocycles. The van der Waals surface area contributed by atoms with Crippen LogP contribution in [0, 0.1) is 0 Å². The number of aromatic carboxylic acids is 1. The minimum Gasteiger partial charge on any atom is -0.477 e. The highest BCUT2D eigenvalue weighted by Gasteiger charge is 2.18. The SMILES string of the molecule is C[Si](C)(C)CCOCn1c(C(=O)O)cc2c(Cl)c(Cl)ccc21. The van der Waals surface area contributed by atoms with Gasteiger partial charge in [0.15, 0.2) is 0 Å². The van der Waals surface area contributed by atoms with Crippen LogP contribution in [0.4, 0.5) is 0 Å². The molecule has 1 N–H and O–H groups in total. The number of hydrogen-bond donors (Lipinski definition) is 1.